The lowest BCUT2D eigenvalue weighted by Gasteiger charge is -2.33. The number of benzene rings is 1. The number of halogens is 1. The second-order valence-corrected chi connectivity index (χ2v) is 7.47. The molecular weight excluding hydrogens is 505 g/mol. The zero-order chi connectivity index (χ0) is 21.8. The number of nitrogens with one attached hydrogen (secondary N) is 2. The number of carbonyl (C=O) groups excluding carboxylic acids is 1. The van der Waals surface area contributed by atoms with Crippen LogP contribution in [-0.4, -0.2) is 73.8 Å². The molecule has 1 aromatic rings. The molecule has 7 nitrogen and oxygen atoms in total. The molecule has 0 bridgehead atoms. The molecule has 1 saturated heterocycles. The number of likely N-dealkylation sites (N-methyl/N-ethyl adjacent to an activating group) is 1. The number of amides is 1. The molecule has 1 aliphatic heterocycles. The van der Waals surface area contributed by atoms with Gasteiger partial charge in [-0.1, -0.05) is 44.2 Å². The number of carbonyl (C=O) groups is 1. The van der Waals surface area contributed by atoms with Crippen LogP contribution in [0.2, 0.25) is 0 Å². The quantitative estimate of drug-likeness (QED) is 0.280. The van der Waals surface area contributed by atoms with Gasteiger partial charge in [-0.05, 0) is 45.3 Å². The second kappa shape index (κ2) is 15.3. The van der Waals surface area contributed by atoms with Crippen LogP contribution in [0.25, 0.3) is 0 Å². The zero-order valence-corrected chi connectivity index (χ0v) is 21.8. The van der Waals surface area contributed by atoms with Crippen molar-refractivity contribution in [3.63, 3.8) is 0 Å². The summed E-state index contributed by atoms with van der Waals surface area (Å²) >= 11 is 0. The first-order chi connectivity index (χ1) is 14.6. The summed E-state index contributed by atoms with van der Waals surface area (Å²) in [4.78, 5) is 21.1. The number of nitrogens with zero attached hydrogens (tertiary/aromatic N) is 3. The maximum absolute atomic E-state index is 11.9. The highest BCUT2D eigenvalue weighted by molar-refractivity contribution is 14.0. The SMILES string of the molecule is CCNC(=NCC(c1ccccc1)N(CC)CC)NC1CCN(C(=O)OCC)CC1.I. The molecule has 1 atom stereocenters. The molecule has 176 valence electrons. The number of hydrogen-bond donors (Lipinski definition) is 2. The second-order valence-electron chi connectivity index (χ2n) is 7.47. The average molecular weight is 546 g/mol. The molecule has 0 saturated carbocycles. The maximum atomic E-state index is 11.9. The molecule has 1 aliphatic rings. The fraction of sp³-hybridized carbons (Fsp3) is 0.652. The van der Waals surface area contributed by atoms with Gasteiger partial charge in [-0.15, -0.1) is 24.0 Å². The van der Waals surface area contributed by atoms with E-state index in [4.69, 9.17) is 9.73 Å². The van der Waals surface area contributed by atoms with Gasteiger partial charge < -0.3 is 20.3 Å². The molecule has 1 unspecified atom stereocenters. The summed E-state index contributed by atoms with van der Waals surface area (Å²) in [6, 6.07) is 11.2. The van der Waals surface area contributed by atoms with Gasteiger partial charge in [-0.2, -0.15) is 0 Å². The number of guanidine groups is 1. The van der Waals surface area contributed by atoms with Crippen molar-refractivity contribution in [2.24, 2.45) is 4.99 Å². The zero-order valence-electron chi connectivity index (χ0n) is 19.5. The van der Waals surface area contributed by atoms with Crippen LogP contribution in [0.1, 0.15) is 52.1 Å². The van der Waals surface area contributed by atoms with Crippen molar-refractivity contribution in [2.45, 2.75) is 52.6 Å². The molecule has 1 aromatic carbocycles. The normalized spacial score (nSPS) is 15.9. The molecule has 8 heteroatoms. The molecule has 0 radical (unpaired) electrons. The maximum Gasteiger partial charge on any atom is 0.409 e. The molecule has 1 heterocycles. The minimum Gasteiger partial charge on any atom is -0.450 e. The number of rotatable bonds is 9. The number of aliphatic imine (C=N–C) groups is 1. The smallest absolute Gasteiger partial charge is 0.409 e. The van der Waals surface area contributed by atoms with Crippen molar-refractivity contribution in [1.29, 1.82) is 0 Å². The lowest BCUT2D eigenvalue weighted by Crippen LogP contribution is -2.50. The van der Waals surface area contributed by atoms with Gasteiger partial charge in [0.05, 0.1) is 19.2 Å². The van der Waals surface area contributed by atoms with E-state index >= 15 is 0 Å². The van der Waals surface area contributed by atoms with Crippen molar-refractivity contribution in [1.82, 2.24) is 20.4 Å². The first kappa shape index (κ1) is 27.5. The lowest BCUT2D eigenvalue weighted by atomic mass is 10.1. The highest BCUT2D eigenvalue weighted by Gasteiger charge is 2.24. The monoisotopic (exact) mass is 545 g/mol. The number of hydrogen-bond acceptors (Lipinski definition) is 4. The predicted molar refractivity (Wildman–Crippen MR) is 138 cm³/mol. The Labute approximate surface area is 205 Å². The lowest BCUT2D eigenvalue weighted by molar-refractivity contribution is 0.0963. The van der Waals surface area contributed by atoms with E-state index in [0.717, 1.165) is 38.4 Å². The van der Waals surface area contributed by atoms with E-state index in [1.807, 2.05) is 6.92 Å². The third kappa shape index (κ3) is 8.84. The molecule has 0 aromatic heterocycles. The van der Waals surface area contributed by atoms with Crippen LogP contribution in [0.4, 0.5) is 4.79 Å². The van der Waals surface area contributed by atoms with Crippen LogP contribution in [0.15, 0.2) is 35.3 Å². The summed E-state index contributed by atoms with van der Waals surface area (Å²) in [6.07, 6.45) is 1.57. The third-order valence-corrected chi connectivity index (χ3v) is 5.57. The van der Waals surface area contributed by atoms with Gasteiger partial charge in [0.1, 0.15) is 0 Å². The Hall–Kier alpha value is -1.55. The van der Waals surface area contributed by atoms with Gasteiger partial charge in [-0.3, -0.25) is 9.89 Å². The van der Waals surface area contributed by atoms with Crippen LogP contribution in [0.3, 0.4) is 0 Å². The van der Waals surface area contributed by atoms with Crippen LogP contribution in [0, 0.1) is 0 Å². The van der Waals surface area contributed by atoms with E-state index in [2.05, 4.69) is 66.6 Å². The van der Waals surface area contributed by atoms with E-state index in [0.29, 0.717) is 32.3 Å². The van der Waals surface area contributed by atoms with Gasteiger partial charge in [0.2, 0.25) is 0 Å². The minimum absolute atomic E-state index is 0. The minimum atomic E-state index is -0.207. The Kier molecular flexibility index (Phi) is 13.6. The van der Waals surface area contributed by atoms with Crippen molar-refractivity contribution in [3.05, 3.63) is 35.9 Å². The fourth-order valence-electron chi connectivity index (χ4n) is 3.88. The van der Waals surface area contributed by atoms with Gasteiger partial charge in [0.25, 0.3) is 0 Å². The summed E-state index contributed by atoms with van der Waals surface area (Å²) < 4.78 is 5.11. The summed E-state index contributed by atoms with van der Waals surface area (Å²) in [5.41, 5.74) is 1.29. The molecule has 2 N–H and O–H groups in total. The van der Waals surface area contributed by atoms with E-state index in [-0.39, 0.29) is 36.1 Å². The van der Waals surface area contributed by atoms with E-state index in [9.17, 15) is 4.79 Å². The van der Waals surface area contributed by atoms with E-state index < -0.39 is 0 Å². The Morgan fingerprint density at radius 2 is 1.81 bits per heavy atom. The van der Waals surface area contributed by atoms with Crippen molar-refractivity contribution >= 4 is 36.0 Å². The summed E-state index contributed by atoms with van der Waals surface area (Å²) in [7, 11) is 0. The molecule has 0 aliphatic carbocycles. The largest absolute Gasteiger partial charge is 0.450 e. The summed E-state index contributed by atoms with van der Waals surface area (Å²) in [5.74, 6) is 0.847. The third-order valence-electron chi connectivity index (χ3n) is 5.57. The predicted octanol–water partition coefficient (Wildman–Crippen LogP) is 3.86. The number of ether oxygens (including phenoxy) is 1. The van der Waals surface area contributed by atoms with Crippen LogP contribution < -0.4 is 10.6 Å². The Morgan fingerprint density at radius 1 is 1.16 bits per heavy atom. The molecule has 2 rings (SSSR count). The summed E-state index contributed by atoms with van der Waals surface area (Å²) in [6.45, 7) is 13.6. The number of piperidine rings is 1. The highest BCUT2D eigenvalue weighted by atomic mass is 127. The fourth-order valence-corrected chi connectivity index (χ4v) is 3.88. The topological polar surface area (TPSA) is 69.2 Å². The van der Waals surface area contributed by atoms with Crippen molar-refractivity contribution in [2.75, 3.05) is 45.9 Å². The van der Waals surface area contributed by atoms with Crippen LogP contribution in [-0.2, 0) is 4.74 Å². The van der Waals surface area contributed by atoms with Gasteiger partial charge >= 0.3 is 6.09 Å². The summed E-state index contributed by atoms with van der Waals surface area (Å²) in [5, 5.41) is 6.95. The molecule has 31 heavy (non-hydrogen) atoms. The highest BCUT2D eigenvalue weighted by Crippen LogP contribution is 2.20. The Morgan fingerprint density at radius 3 is 2.35 bits per heavy atom. The van der Waals surface area contributed by atoms with Gasteiger partial charge in [-0.25, -0.2) is 4.79 Å². The molecule has 1 fully saturated rings. The first-order valence-electron chi connectivity index (χ1n) is 11.4. The van der Waals surface area contributed by atoms with Gasteiger partial charge in [0, 0.05) is 25.7 Å². The van der Waals surface area contributed by atoms with Crippen molar-refractivity contribution in [3.8, 4) is 0 Å². The Bertz CT molecular complexity index is 647. The Balaban J connectivity index is 0.00000480. The molecular formula is C23H40IN5O2. The van der Waals surface area contributed by atoms with Crippen molar-refractivity contribution < 1.29 is 9.53 Å². The van der Waals surface area contributed by atoms with E-state index in [1.54, 1.807) is 4.90 Å². The van der Waals surface area contributed by atoms with Crippen LogP contribution in [0.5, 0.6) is 0 Å². The van der Waals surface area contributed by atoms with E-state index in [1.165, 1.54) is 5.56 Å². The van der Waals surface area contributed by atoms with Crippen LogP contribution >= 0.6 is 24.0 Å². The molecule has 1 amide bonds. The first-order valence-corrected chi connectivity index (χ1v) is 11.4. The van der Waals surface area contributed by atoms with Gasteiger partial charge in [0.15, 0.2) is 5.96 Å². The number of likely N-dealkylation sites (tertiary alicyclic amines) is 1. The molecule has 0 spiro atoms. The standard InChI is InChI=1S/C23H39N5O2.HI/c1-5-24-22(26-20-14-16-28(17-15-20)23(29)30-8-4)25-18-21(27(6-2)7-3)19-12-10-9-11-13-19;/h9-13,20-21H,5-8,14-18H2,1-4H3,(H2,24,25,26);1H. The average Bonchev–Trinajstić information content (AvgIpc) is 2.78.